The van der Waals surface area contributed by atoms with Crippen LogP contribution in [0, 0.1) is 11.8 Å². The summed E-state index contributed by atoms with van der Waals surface area (Å²) < 4.78 is 28.6. The summed E-state index contributed by atoms with van der Waals surface area (Å²) in [6.07, 6.45) is 2.15. The van der Waals surface area contributed by atoms with E-state index in [1.807, 2.05) is 36.4 Å². The number of hydrogen-bond donors (Lipinski definition) is 3. The van der Waals surface area contributed by atoms with Gasteiger partial charge in [-0.15, -0.1) is 0 Å². The molecule has 2 saturated carbocycles. The molecule has 1 aromatic heterocycles. The summed E-state index contributed by atoms with van der Waals surface area (Å²) in [5.74, 6) is -4.43. The number of aromatic nitrogens is 2. The summed E-state index contributed by atoms with van der Waals surface area (Å²) in [7, 11) is 0. The molecule has 3 aromatic rings. The summed E-state index contributed by atoms with van der Waals surface area (Å²) in [4.78, 5) is 12.5. The number of benzene rings is 2. The molecule has 2 amide bonds. The maximum atomic E-state index is 14.3. The van der Waals surface area contributed by atoms with Crippen LogP contribution in [-0.2, 0) is 0 Å². The average molecular weight is 368 g/mol. The Morgan fingerprint density at radius 2 is 1.93 bits per heavy atom. The summed E-state index contributed by atoms with van der Waals surface area (Å²) in [5.41, 5.74) is 2.31. The SMILES string of the molecule is O=C(Nc1cccc2[nH]ncc12)N[C@@H]1C[C@H](c2ccccc2)[C@@H]2[C@@H]1C2(F)F. The number of nitrogens with zero attached hydrogens (tertiary/aromatic N) is 1. The largest absolute Gasteiger partial charge is 0.335 e. The van der Waals surface area contributed by atoms with E-state index in [2.05, 4.69) is 20.8 Å². The van der Waals surface area contributed by atoms with Crippen LogP contribution < -0.4 is 10.6 Å². The molecule has 0 spiro atoms. The molecule has 2 aliphatic rings. The van der Waals surface area contributed by atoms with Gasteiger partial charge in [0.15, 0.2) is 0 Å². The Kier molecular flexibility index (Phi) is 3.47. The van der Waals surface area contributed by atoms with Crippen molar-refractivity contribution < 1.29 is 13.6 Å². The van der Waals surface area contributed by atoms with Crippen molar-refractivity contribution in [1.82, 2.24) is 15.5 Å². The van der Waals surface area contributed by atoms with E-state index in [0.717, 1.165) is 16.5 Å². The Hall–Kier alpha value is -2.96. The Bertz CT molecular complexity index is 1000. The van der Waals surface area contributed by atoms with Crippen molar-refractivity contribution in [3.63, 3.8) is 0 Å². The number of anilines is 1. The Balaban J connectivity index is 1.32. The number of H-pyrrole nitrogens is 1. The molecule has 3 N–H and O–H groups in total. The lowest BCUT2D eigenvalue weighted by Crippen LogP contribution is -2.40. The molecule has 2 aromatic carbocycles. The monoisotopic (exact) mass is 368 g/mol. The van der Waals surface area contributed by atoms with Crippen LogP contribution in [0.5, 0.6) is 0 Å². The highest BCUT2D eigenvalue weighted by Crippen LogP contribution is 2.69. The van der Waals surface area contributed by atoms with E-state index in [-0.39, 0.29) is 5.92 Å². The van der Waals surface area contributed by atoms with Crippen molar-refractivity contribution in [3.05, 3.63) is 60.3 Å². The molecule has 2 fully saturated rings. The lowest BCUT2D eigenvalue weighted by molar-refractivity contribution is 0.0614. The minimum absolute atomic E-state index is 0.228. The third-order valence-electron chi connectivity index (χ3n) is 5.82. The number of carbonyl (C=O) groups excluding carboxylic acids is 1. The highest BCUT2D eigenvalue weighted by atomic mass is 19.3. The zero-order valence-corrected chi connectivity index (χ0v) is 14.3. The third-order valence-corrected chi connectivity index (χ3v) is 5.82. The quantitative estimate of drug-likeness (QED) is 0.651. The summed E-state index contributed by atoms with van der Waals surface area (Å²) >= 11 is 0. The van der Waals surface area contributed by atoms with Crippen LogP contribution in [0.3, 0.4) is 0 Å². The zero-order chi connectivity index (χ0) is 18.6. The molecule has 27 heavy (non-hydrogen) atoms. The van der Waals surface area contributed by atoms with Crippen LogP contribution >= 0.6 is 0 Å². The first-order valence-corrected chi connectivity index (χ1v) is 8.98. The first-order chi connectivity index (χ1) is 13.1. The summed E-state index contributed by atoms with van der Waals surface area (Å²) in [6.45, 7) is 0. The Morgan fingerprint density at radius 1 is 1.11 bits per heavy atom. The number of fused-ring (bicyclic) bond motifs is 2. The standard InChI is InChI=1S/C20H18F2N4O/c21-20(22)17-12(11-5-2-1-3-6-11)9-16(18(17)20)25-19(27)24-14-7-4-8-15-13(14)10-23-26-15/h1-8,10,12,16-18H,9H2,(H,23,26)(H2,24,25,27)/t12-,16-,17-,18-/m1/s1. The highest BCUT2D eigenvalue weighted by molar-refractivity contribution is 6.00. The molecule has 0 radical (unpaired) electrons. The van der Waals surface area contributed by atoms with Crippen molar-refractivity contribution in [2.75, 3.05) is 5.32 Å². The van der Waals surface area contributed by atoms with Gasteiger partial charge in [0.1, 0.15) is 0 Å². The smallest absolute Gasteiger partial charge is 0.319 e. The molecule has 0 bridgehead atoms. The normalized spacial score (nSPS) is 27.9. The van der Waals surface area contributed by atoms with Crippen molar-refractivity contribution >= 4 is 22.6 Å². The van der Waals surface area contributed by atoms with E-state index in [0.29, 0.717) is 12.1 Å². The predicted octanol–water partition coefficient (Wildman–Crippen LogP) is 4.12. The van der Waals surface area contributed by atoms with E-state index in [1.54, 1.807) is 18.3 Å². The van der Waals surface area contributed by atoms with Gasteiger partial charge in [0.2, 0.25) is 0 Å². The van der Waals surface area contributed by atoms with E-state index < -0.39 is 29.8 Å². The molecule has 138 valence electrons. The topological polar surface area (TPSA) is 69.8 Å². The molecule has 7 heteroatoms. The van der Waals surface area contributed by atoms with Gasteiger partial charge in [-0.3, -0.25) is 5.10 Å². The number of nitrogens with one attached hydrogen (secondary N) is 3. The van der Waals surface area contributed by atoms with Gasteiger partial charge in [-0.25, -0.2) is 13.6 Å². The third kappa shape index (κ3) is 2.57. The lowest BCUT2D eigenvalue weighted by Gasteiger charge is -2.21. The summed E-state index contributed by atoms with van der Waals surface area (Å²) in [5, 5.41) is 13.1. The Labute approximate surface area is 154 Å². The van der Waals surface area contributed by atoms with Gasteiger partial charge in [-0.05, 0) is 30.0 Å². The predicted molar refractivity (Wildman–Crippen MR) is 97.8 cm³/mol. The molecule has 0 aliphatic heterocycles. The Morgan fingerprint density at radius 3 is 2.74 bits per heavy atom. The van der Waals surface area contributed by atoms with Crippen LogP contribution in [-0.4, -0.2) is 28.2 Å². The van der Waals surface area contributed by atoms with E-state index in [9.17, 15) is 13.6 Å². The molecular weight excluding hydrogens is 350 g/mol. The van der Waals surface area contributed by atoms with Crippen molar-refractivity contribution in [2.24, 2.45) is 11.8 Å². The van der Waals surface area contributed by atoms with E-state index >= 15 is 0 Å². The first-order valence-electron chi connectivity index (χ1n) is 8.98. The molecule has 4 atom stereocenters. The molecule has 5 rings (SSSR count). The average Bonchev–Trinajstić information content (AvgIpc) is 3.04. The fourth-order valence-electron chi connectivity index (χ4n) is 4.58. The second-order valence-electron chi connectivity index (χ2n) is 7.32. The first kappa shape index (κ1) is 16.2. The van der Waals surface area contributed by atoms with Gasteiger partial charge in [0.25, 0.3) is 5.92 Å². The van der Waals surface area contributed by atoms with Gasteiger partial charge < -0.3 is 10.6 Å². The van der Waals surface area contributed by atoms with Crippen LogP contribution in [0.15, 0.2) is 54.7 Å². The highest BCUT2D eigenvalue weighted by Gasteiger charge is 2.77. The number of urea groups is 1. The fourth-order valence-corrected chi connectivity index (χ4v) is 4.58. The van der Waals surface area contributed by atoms with Gasteiger partial charge >= 0.3 is 6.03 Å². The van der Waals surface area contributed by atoms with Gasteiger partial charge in [-0.1, -0.05) is 36.4 Å². The number of halogens is 2. The summed E-state index contributed by atoms with van der Waals surface area (Å²) in [6, 6.07) is 13.8. The molecule has 5 nitrogen and oxygen atoms in total. The molecular formula is C20H18F2N4O. The zero-order valence-electron chi connectivity index (χ0n) is 14.3. The van der Waals surface area contributed by atoms with Crippen LogP contribution in [0.2, 0.25) is 0 Å². The van der Waals surface area contributed by atoms with Crippen LogP contribution in [0.25, 0.3) is 10.9 Å². The van der Waals surface area contributed by atoms with Crippen LogP contribution in [0.1, 0.15) is 17.9 Å². The molecule has 1 heterocycles. The van der Waals surface area contributed by atoms with Crippen LogP contribution in [0.4, 0.5) is 19.3 Å². The molecule has 0 unspecified atom stereocenters. The molecule has 2 aliphatic carbocycles. The fraction of sp³-hybridized carbons (Fsp3) is 0.300. The number of amides is 2. The van der Waals surface area contributed by atoms with Gasteiger partial charge in [0.05, 0.1) is 23.3 Å². The lowest BCUT2D eigenvalue weighted by atomic mass is 9.92. The minimum atomic E-state index is -2.72. The van der Waals surface area contributed by atoms with Crippen molar-refractivity contribution in [1.29, 1.82) is 0 Å². The van der Waals surface area contributed by atoms with E-state index in [4.69, 9.17) is 0 Å². The number of rotatable bonds is 3. The van der Waals surface area contributed by atoms with Gasteiger partial charge in [0, 0.05) is 17.3 Å². The number of carbonyl (C=O) groups is 1. The minimum Gasteiger partial charge on any atom is -0.335 e. The second-order valence-corrected chi connectivity index (χ2v) is 7.32. The maximum Gasteiger partial charge on any atom is 0.319 e. The molecule has 0 saturated heterocycles. The number of aromatic amines is 1. The van der Waals surface area contributed by atoms with Crippen molar-refractivity contribution in [3.8, 4) is 0 Å². The van der Waals surface area contributed by atoms with Gasteiger partial charge in [-0.2, -0.15) is 5.10 Å². The maximum absolute atomic E-state index is 14.3. The van der Waals surface area contributed by atoms with E-state index in [1.165, 1.54) is 0 Å². The second kappa shape index (κ2) is 5.77. The van der Waals surface area contributed by atoms with Crippen molar-refractivity contribution in [2.45, 2.75) is 24.3 Å². The number of alkyl halides is 2. The number of hydrogen-bond acceptors (Lipinski definition) is 2.